The number of carbonyl (C=O) groups is 1. The summed E-state index contributed by atoms with van der Waals surface area (Å²) < 4.78 is 5.34. The molecule has 5 nitrogen and oxygen atoms in total. The molecule has 96 valence electrons. The van der Waals surface area contributed by atoms with Crippen molar-refractivity contribution in [2.24, 2.45) is 0 Å². The van der Waals surface area contributed by atoms with Crippen LogP contribution in [-0.4, -0.2) is 37.4 Å². The fourth-order valence-corrected chi connectivity index (χ4v) is 1.80. The molecule has 17 heavy (non-hydrogen) atoms. The van der Waals surface area contributed by atoms with Gasteiger partial charge >= 0.3 is 0 Å². The van der Waals surface area contributed by atoms with E-state index in [2.05, 4.69) is 22.5 Å². The summed E-state index contributed by atoms with van der Waals surface area (Å²) in [7, 11) is 1.86. The number of likely N-dealkylation sites (N-methyl/N-ethyl adjacent to an activating group) is 1. The number of hydrogen-bond donors (Lipinski definition) is 3. The Morgan fingerprint density at radius 1 is 1.71 bits per heavy atom. The molecule has 0 amide bonds. The van der Waals surface area contributed by atoms with E-state index in [1.54, 1.807) is 6.20 Å². The molecule has 0 radical (unpaired) electrons. The average Bonchev–Trinajstić information content (AvgIpc) is 2.86. The molecule has 1 heterocycles. The Balaban J connectivity index is 2.12. The van der Waals surface area contributed by atoms with Crippen LogP contribution in [0.15, 0.2) is 24.1 Å². The molecule has 3 N–H and O–H groups in total. The van der Waals surface area contributed by atoms with Crippen LogP contribution in [0.4, 0.5) is 0 Å². The number of nitrogens with one attached hydrogen (secondary N) is 3. The minimum atomic E-state index is -0.188. The van der Waals surface area contributed by atoms with Gasteiger partial charge in [-0.25, -0.2) is 0 Å². The van der Waals surface area contributed by atoms with Gasteiger partial charge in [-0.05, 0) is 26.0 Å². The molecule has 0 bridgehead atoms. The second kappa shape index (κ2) is 7.24. The van der Waals surface area contributed by atoms with Crippen LogP contribution in [0.3, 0.4) is 0 Å². The molecule has 0 spiro atoms. The highest BCUT2D eigenvalue weighted by Crippen LogP contribution is 2.15. The summed E-state index contributed by atoms with van der Waals surface area (Å²) in [6.45, 7) is 6.45. The van der Waals surface area contributed by atoms with Crippen LogP contribution in [0, 0.1) is 0 Å². The Bertz CT molecular complexity index is 299. The average molecular weight is 257 g/mol. The Morgan fingerprint density at radius 3 is 3.06 bits per heavy atom. The first kappa shape index (κ1) is 13.9. The summed E-state index contributed by atoms with van der Waals surface area (Å²) in [6, 6.07) is 0.250. The zero-order valence-corrected chi connectivity index (χ0v) is 11.0. The fraction of sp³-hybridized carbons (Fsp3) is 0.545. The molecule has 1 aliphatic heterocycles. The molecular formula is C11H19N3O2S. The van der Waals surface area contributed by atoms with Crippen LogP contribution < -0.4 is 16.0 Å². The molecule has 1 aliphatic rings. The highest BCUT2D eigenvalue weighted by Gasteiger charge is 2.19. The number of rotatable bonds is 8. The van der Waals surface area contributed by atoms with Gasteiger partial charge in [0.05, 0.1) is 6.54 Å². The minimum absolute atomic E-state index is 0.0754. The third-order valence-corrected chi connectivity index (χ3v) is 3.25. The Labute approximate surface area is 106 Å². The van der Waals surface area contributed by atoms with Crippen LogP contribution >= 0.6 is 11.8 Å². The molecule has 2 unspecified atom stereocenters. The fourth-order valence-electron chi connectivity index (χ4n) is 1.09. The standard InChI is InChI=1S/C11H19N3O2S/c1-8(12-3)7-16-9(2)14-6-10(15)11-13-4-5-17-11/h4-5,8,11-14H,2,6-7H2,1,3H3. The van der Waals surface area contributed by atoms with Crippen molar-refractivity contribution in [2.45, 2.75) is 18.3 Å². The highest BCUT2D eigenvalue weighted by atomic mass is 32.2. The molecule has 0 saturated carbocycles. The Hall–Kier alpha value is -1.14. The Kier molecular flexibility index (Phi) is 5.93. The summed E-state index contributed by atoms with van der Waals surface area (Å²) in [6.07, 6.45) is 1.77. The maximum atomic E-state index is 11.6. The van der Waals surface area contributed by atoms with Crippen molar-refractivity contribution < 1.29 is 9.53 Å². The van der Waals surface area contributed by atoms with Gasteiger partial charge in [-0.3, -0.25) is 4.79 Å². The molecule has 0 saturated heterocycles. The van der Waals surface area contributed by atoms with Gasteiger partial charge in [-0.2, -0.15) is 0 Å². The van der Waals surface area contributed by atoms with Crippen LogP contribution in [0.25, 0.3) is 0 Å². The van der Waals surface area contributed by atoms with Gasteiger partial charge in [0.2, 0.25) is 0 Å². The summed E-state index contributed by atoms with van der Waals surface area (Å²) in [4.78, 5) is 11.6. The number of thioether (sulfide) groups is 1. The third-order valence-electron chi connectivity index (χ3n) is 2.28. The lowest BCUT2D eigenvalue weighted by Gasteiger charge is -2.15. The summed E-state index contributed by atoms with van der Waals surface area (Å²) in [5, 5.41) is 10.5. The number of ether oxygens (including phenoxy) is 1. The second-order valence-corrected chi connectivity index (χ2v) is 4.75. The van der Waals surface area contributed by atoms with E-state index in [0.29, 0.717) is 12.5 Å². The van der Waals surface area contributed by atoms with Crippen molar-refractivity contribution in [1.82, 2.24) is 16.0 Å². The van der Waals surface area contributed by atoms with E-state index in [-0.39, 0.29) is 23.7 Å². The molecule has 2 atom stereocenters. The largest absolute Gasteiger partial charge is 0.478 e. The van der Waals surface area contributed by atoms with Gasteiger partial charge in [0.15, 0.2) is 11.7 Å². The van der Waals surface area contributed by atoms with Gasteiger partial charge in [0.25, 0.3) is 0 Å². The van der Waals surface area contributed by atoms with Crippen molar-refractivity contribution in [1.29, 1.82) is 0 Å². The van der Waals surface area contributed by atoms with E-state index in [1.165, 1.54) is 11.8 Å². The van der Waals surface area contributed by atoms with Crippen LogP contribution in [-0.2, 0) is 9.53 Å². The lowest BCUT2D eigenvalue weighted by molar-refractivity contribution is -0.118. The van der Waals surface area contributed by atoms with Crippen molar-refractivity contribution in [3.8, 4) is 0 Å². The smallest absolute Gasteiger partial charge is 0.184 e. The highest BCUT2D eigenvalue weighted by molar-refractivity contribution is 8.03. The molecule has 0 aromatic heterocycles. The van der Waals surface area contributed by atoms with Gasteiger partial charge < -0.3 is 20.7 Å². The van der Waals surface area contributed by atoms with Gasteiger partial charge in [0, 0.05) is 12.2 Å². The topological polar surface area (TPSA) is 62.4 Å². The van der Waals surface area contributed by atoms with Crippen molar-refractivity contribution in [3.05, 3.63) is 24.1 Å². The van der Waals surface area contributed by atoms with Crippen LogP contribution in [0.2, 0.25) is 0 Å². The summed E-state index contributed by atoms with van der Waals surface area (Å²) in [5.74, 6) is 0.503. The minimum Gasteiger partial charge on any atom is -0.478 e. The first-order valence-corrected chi connectivity index (χ1v) is 6.40. The van der Waals surface area contributed by atoms with E-state index in [1.807, 2.05) is 19.4 Å². The Morgan fingerprint density at radius 2 is 2.47 bits per heavy atom. The number of Topliss-reactive ketones (excluding diaryl/α,β-unsaturated/α-hetero) is 1. The first-order valence-electron chi connectivity index (χ1n) is 5.45. The molecule has 0 aromatic carbocycles. The van der Waals surface area contributed by atoms with E-state index in [0.717, 1.165) is 0 Å². The molecule has 0 aromatic rings. The zero-order valence-electron chi connectivity index (χ0n) is 10.2. The molecular weight excluding hydrogens is 238 g/mol. The third kappa shape index (κ3) is 5.14. The zero-order chi connectivity index (χ0) is 12.7. The quantitative estimate of drug-likeness (QED) is 0.546. The van der Waals surface area contributed by atoms with Crippen molar-refractivity contribution in [3.63, 3.8) is 0 Å². The SMILES string of the molecule is C=C(NCC(=O)C1NC=CS1)OCC(C)NC. The normalized spacial score (nSPS) is 19.5. The predicted molar refractivity (Wildman–Crippen MR) is 70.3 cm³/mol. The summed E-state index contributed by atoms with van der Waals surface area (Å²) >= 11 is 1.46. The first-order chi connectivity index (χ1) is 8.13. The van der Waals surface area contributed by atoms with E-state index >= 15 is 0 Å². The van der Waals surface area contributed by atoms with Gasteiger partial charge in [-0.1, -0.05) is 11.8 Å². The number of hydrogen-bond acceptors (Lipinski definition) is 6. The maximum absolute atomic E-state index is 11.6. The monoisotopic (exact) mass is 257 g/mol. The van der Waals surface area contributed by atoms with Crippen molar-refractivity contribution in [2.75, 3.05) is 20.2 Å². The lowest BCUT2D eigenvalue weighted by Crippen LogP contribution is -2.36. The number of ketones is 1. The maximum Gasteiger partial charge on any atom is 0.184 e. The molecule has 6 heteroatoms. The molecule has 1 rings (SSSR count). The van der Waals surface area contributed by atoms with E-state index in [4.69, 9.17) is 4.74 Å². The summed E-state index contributed by atoms with van der Waals surface area (Å²) in [5.41, 5.74) is 0. The molecule has 0 fully saturated rings. The van der Waals surface area contributed by atoms with Crippen LogP contribution in [0.5, 0.6) is 0 Å². The lowest BCUT2D eigenvalue weighted by atomic mass is 10.4. The predicted octanol–water partition coefficient (Wildman–Crippen LogP) is 0.374. The van der Waals surface area contributed by atoms with E-state index in [9.17, 15) is 4.79 Å². The van der Waals surface area contributed by atoms with E-state index < -0.39 is 0 Å². The van der Waals surface area contributed by atoms with Gasteiger partial charge in [-0.15, -0.1) is 0 Å². The van der Waals surface area contributed by atoms with Crippen molar-refractivity contribution >= 4 is 17.5 Å². The second-order valence-electron chi connectivity index (χ2n) is 3.73. The van der Waals surface area contributed by atoms with Crippen LogP contribution in [0.1, 0.15) is 6.92 Å². The molecule has 0 aliphatic carbocycles. The van der Waals surface area contributed by atoms with Gasteiger partial charge in [0.1, 0.15) is 12.0 Å². The number of carbonyl (C=O) groups excluding carboxylic acids is 1.